The fraction of sp³-hybridized carbons (Fsp3) is 0.556. The van der Waals surface area contributed by atoms with Crippen molar-refractivity contribution in [3.05, 3.63) is 23.5 Å². The lowest BCUT2D eigenvalue weighted by atomic mass is 10.3. The summed E-state index contributed by atoms with van der Waals surface area (Å²) in [6.45, 7) is 7.25. The maximum atomic E-state index is 5.64. The van der Waals surface area contributed by atoms with Gasteiger partial charge in [0.2, 0.25) is 0 Å². The second kappa shape index (κ2) is 3.09. The van der Waals surface area contributed by atoms with Crippen molar-refractivity contribution in [2.45, 2.75) is 26.8 Å². The van der Waals surface area contributed by atoms with Gasteiger partial charge in [-0.2, -0.15) is 0 Å². The summed E-state index contributed by atoms with van der Waals surface area (Å²) in [6, 6.07) is 0.163. The van der Waals surface area contributed by atoms with Crippen molar-refractivity contribution >= 4 is 0 Å². The van der Waals surface area contributed by atoms with E-state index in [1.165, 1.54) is 11.4 Å². The molecular weight excluding hydrogens is 136 g/mol. The van der Waals surface area contributed by atoms with E-state index in [1.807, 2.05) is 6.92 Å². The van der Waals surface area contributed by atoms with Gasteiger partial charge in [-0.25, -0.2) is 0 Å². The third-order valence-corrected chi connectivity index (χ3v) is 1.80. The van der Waals surface area contributed by atoms with Crippen LogP contribution in [0.4, 0.5) is 0 Å². The summed E-state index contributed by atoms with van der Waals surface area (Å²) in [4.78, 5) is 2.25. The molecular formula is C9H16N2. The van der Waals surface area contributed by atoms with E-state index in [0.29, 0.717) is 0 Å². The summed E-state index contributed by atoms with van der Waals surface area (Å²) < 4.78 is 0. The van der Waals surface area contributed by atoms with E-state index in [4.69, 9.17) is 5.73 Å². The van der Waals surface area contributed by atoms with Crippen molar-refractivity contribution in [3.8, 4) is 0 Å². The number of allylic oxidation sites excluding steroid dienone is 1. The van der Waals surface area contributed by atoms with Crippen LogP contribution in [0.5, 0.6) is 0 Å². The van der Waals surface area contributed by atoms with Gasteiger partial charge in [-0.15, -0.1) is 0 Å². The molecule has 1 rings (SSSR count). The zero-order chi connectivity index (χ0) is 8.43. The van der Waals surface area contributed by atoms with Crippen LogP contribution < -0.4 is 5.73 Å². The summed E-state index contributed by atoms with van der Waals surface area (Å²) in [5.74, 6) is 0. The highest BCUT2D eigenvalue weighted by atomic mass is 15.3. The molecule has 1 aliphatic heterocycles. The molecule has 1 saturated heterocycles. The predicted octanol–water partition coefficient (Wildman–Crippen LogP) is 1.46. The molecule has 0 saturated carbocycles. The van der Waals surface area contributed by atoms with Crippen LogP contribution in [-0.4, -0.2) is 17.5 Å². The number of rotatable bonds is 2. The second-order valence-electron chi connectivity index (χ2n) is 2.83. The van der Waals surface area contributed by atoms with Crippen LogP contribution in [-0.2, 0) is 0 Å². The lowest BCUT2D eigenvalue weighted by Crippen LogP contribution is -2.10. The third kappa shape index (κ3) is 1.63. The van der Waals surface area contributed by atoms with Gasteiger partial charge in [-0.3, -0.25) is 0 Å². The molecule has 0 aliphatic carbocycles. The lowest BCUT2D eigenvalue weighted by Gasteiger charge is -1.92. The molecule has 0 aromatic rings. The Morgan fingerprint density at radius 3 is 2.45 bits per heavy atom. The third-order valence-electron chi connectivity index (χ3n) is 1.80. The van der Waals surface area contributed by atoms with Gasteiger partial charge in [0.15, 0.2) is 0 Å². The Labute approximate surface area is 68.4 Å². The lowest BCUT2D eigenvalue weighted by molar-refractivity contribution is 0.648. The van der Waals surface area contributed by atoms with E-state index in [9.17, 15) is 0 Å². The monoisotopic (exact) mass is 152 g/mol. The van der Waals surface area contributed by atoms with E-state index >= 15 is 0 Å². The highest BCUT2D eigenvalue weighted by molar-refractivity contribution is 5.47. The zero-order valence-corrected chi connectivity index (χ0v) is 7.46. The molecule has 1 heterocycles. The Hall–Kier alpha value is -0.760. The van der Waals surface area contributed by atoms with Crippen molar-refractivity contribution in [1.82, 2.24) is 4.90 Å². The summed E-state index contributed by atoms with van der Waals surface area (Å²) in [5.41, 5.74) is 8.28. The number of nitrogens with zero attached hydrogens (tertiary/aromatic N) is 1. The number of likely N-dealkylation sites (N-methyl/N-ethyl adjacent to an activating group) is 1. The van der Waals surface area contributed by atoms with Crippen molar-refractivity contribution < 1.29 is 0 Å². The Morgan fingerprint density at radius 1 is 1.55 bits per heavy atom. The van der Waals surface area contributed by atoms with Crippen LogP contribution in [0.3, 0.4) is 0 Å². The highest BCUT2D eigenvalue weighted by Gasteiger charge is 2.30. The molecule has 0 radical (unpaired) electrons. The molecule has 1 fully saturated rings. The molecule has 2 nitrogen and oxygen atoms in total. The first-order valence-electron chi connectivity index (χ1n) is 4.12. The van der Waals surface area contributed by atoms with Gasteiger partial charge in [0.05, 0.1) is 11.4 Å². The minimum Gasteiger partial charge on any atom is -0.339 e. The molecule has 0 aromatic carbocycles. The Balaban J connectivity index is 2.65. The first-order valence-corrected chi connectivity index (χ1v) is 4.12. The van der Waals surface area contributed by atoms with Gasteiger partial charge < -0.3 is 10.6 Å². The molecule has 0 spiro atoms. The van der Waals surface area contributed by atoms with Crippen molar-refractivity contribution in [3.63, 3.8) is 0 Å². The standard InChI is InChI=1S/C9H16N2/c1-4-8-9(6-7(3)10)11(8)5-2/h4,6-7H,5,10H2,1-3H3/b8-4+,9-6+. The molecule has 0 amide bonds. The average molecular weight is 152 g/mol. The van der Waals surface area contributed by atoms with Gasteiger partial charge in [-0.1, -0.05) is 6.08 Å². The van der Waals surface area contributed by atoms with E-state index in [-0.39, 0.29) is 6.04 Å². The predicted molar refractivity (Wildman–Crippen MR) is 47.9 cm³/mol. The van der Waals surface area contributed by atoms with Crippen molar-refractivity contribution in [2.75, 3.05) is 6.54 Å². The largest absolute Gasteiger partial charge is 0.339 e. The van der Waals surface area contributed by atoms with Crippen LogP contribution in [0.2, 0.25) is 0 Å². The first kappa shape index (κ1) is 8.34. The fourth-order valence-corrected chi connectivity index (χ4v) is 1.30. The van der Waals surface area contributed by atoms with Crippen LogP contribution in [0.25, 0.3) is 0 Å². The summed E-state index contributed by atoms with van der Waals surface area (Å²) in [7, 11) is 0. The molecule has 2 heteroatoms. The summed E-state index contributed by atoms with van der Waals surface area (Å²) in [5, 5.41) is 0. The number of nitrogens with two attached hydrogens (primary N) is 1. The average Bonchev–Trinajstić information content (AvgIpc) is 2.60. The van der Waals surface area contributed by atoms with Gasteiger partial charge in [-0.05, 0) is 26.8 Å². The normalized spacial score (nSPS) is 26.4. The maximum Gasteiger partial charge on any atom is 0.0624 e. The quantitative estimate of drug-likeness (QED) is 0.607. The minimum atomic E-state index is 0.163. The van der Waals surface area contributed by atoms with Gasteiger partial charge in [0.1, 0.15) is 0 Å². The summed E-state index contributed by atoms with van der Waals surface area (Å²) in [6.07, 6.45) is 4.22. The molecule has 0 aromatic heterocycles. The molecule has 62 valence electrons. The fourth-order valence-electron chi connectivity index (χ4n) is 1.30. The van der Waals surface area contributed by atoms with E-state index in [1.54, 1.807) is 0 Å². The molecule has 1 aliphatic rings. The van der Waals surface area contributed by atoms with Crippen molar-refractivity contribution in [1.29, 1.82) is 0 Å². The Bertz CT molecular complexity index is 202. The smallest absolute Gasteiger partial charge is 0.0624 e. The zero-order valence-electron chi connectivity index (χ0n) is 7.46. The minimum absolute atomic E-state index is 0.163. The van der Waals surface area contributed by atoms with Crippen LogP contribution in [0.1, 0.15) is 20.8 Å². The molecule has 0 bridgehead atoms. The molecule has 2 N–H and O–H groups in total. The summed E-state index contributed by atoms with van der Waals surface area (Å²) >= 11 is 0. The van der Waals surface area contributed by atoms with Gasteiger partial charge in [0, 0.05) is 12.6 Å². The van der Waals surface area contributed by atoms with Gasteiger partial charge >= 0.3 is 0 Å². The Kier molecular flexibility index (Phi) is 2.35. The molecule has 11 heavy (non-hydrogen) atoms. The van der Waals surface area contributed by atoms with Crippen LogP contribution in [0, 0.1) is 0 Å². The Morgan fingerprint density at radius 2 is 2.18 bits per heavy atom. The van der Waals surface area contributed by atoms with E-state index < -0.39 is 0 Å². The highest BCUT2D eigenvalue weighted by Crippen LogP contribution is 2.36. The maximum absolute atomic E-state index is 5.64. The van der Waals surface area contributed by atoms with Gasteiger partial charge in [0.25, 0.3) is 0 Å². The molecule has 1 unspecified atom stereocenters. The topological polar surface area (TPSA) is 29.0 Å². The van der Waals surface area contributed by atoms with E-state index in [2.05, 4.69) is 30.9 Å². The second-order valence-corrected chi connectivity index (χ2v) is 2.83. The van der Waals surface area contributed by atoms with Crippen LogP contribution in [0.15, 0.2) is 23.5 Å². The SMILES string of the molecule is C/C=C1\C(=C/C(C)N)N1CC. The molecule has 1 atom stereocenters. The first-order chi connectivity index (χ1) is 5.20. The number of hydrogen-bond acceptors (Lipinski definition) is 2. The van der Waals surface area contributed by atoms with E-state index in [0.717, 1.165) is 6.54 Å². The van der Waals surface area contributed by atoms with Crippen LogP contribution >= 0.6 is 0 Å². The van der Waals surface area contributed by atoms with Crippen molar-refractivity contribution in [2.24, 2.45) is 5.73 Å². The number of hydrogen-bond donors (Lipinski definition) is 1.